The summed E-state index contributed by atoms with van der Waals surface area (Å²) in [5.74, 6) is 1.75. The summed E-state index contributed by atoms with van der Waals surface area (Å²) in [7, 11) is 0. The highest BCUT2D eigenvalue weighted by Crippen LogP contribution is 2.19. The maximum absolute atomic E-state index is 9.23. The maximum Gasteiger partial charge on any atom is 0.119 e. The van der Waals surface area contributed by atoms with Crippen molar-refractivity contribution in [1.82, 2.24) is 0 Å². The van der Waals surface area contributed by atoms with Crippen molar-refractivity contribution in [2.24, 2.45) is 4.99 Å². The Morgan fingerprint density at radius 1 is 1.00 bits per heavy atom. The number of nitrogens with zero attached hydrogens (tertiary/aromatic N) is 1. The monoisotopic (exact) mass is 349 g/mol. The molecule has 0 saturated carbocycles. The molecule has 2 rings (SSSR count). The van der Waals surface area contributed by atoms with E-state index in [0.29, 0.717) is 6.61 Å². The summed E-state index contributed by atoms with van der Waals surface area (Å²) in [5, 5.41) is 20.7. The second-order valence-corrected chi connectivity index (χ2v) is 5.64. The highest BCUT2D eigenvalue weighted by atomic mass is 32.2. The number of unbranched alkanes of at least 4 members (excludes halogenated alkanes) is 1. The first kappa shape index (κ1) is 18.3. The van der Waals surface area contributed by atoms with E-state index in [2.05, 4.69) is 14.4 Å². The molecule has 2 N–H and O–H groups in total. The molecule has 0 aliphatic carbocycles. The highest BCUT2D eigenvalue weighted by Gasteiger charge is 1.96. The summed E-state index contributed by atoms with van der Waals surface area (Å²) < 4.78 is 9.91. The largest absolute Gasteiger partial charge is 0.508 e. The van der Waals surface area contributed by atoms with E-state index in [1.807, 2.05) is 24.3 Å². The molecule has 2 aromatic carbocycles. The van der Waals surface area contributed by atoms with E-state index >= 15 is 0 Å². The molecule has 0 amide bonds. The fourth-order valence-electron chi connectivity index (χ4n) is 1.85. The maximum atomic E-state index is 9.23. The van der Waals surface area contributed by atoms with Crippen LogP contribution in [0.25, 0.3) is 0 Å². The first-order valence-corrected chi connectivity index (χ1v) is 8.34. The van der Waals surface area contributed by atoms with Gasteiger partial charge in [-0.25, -0.2) is 5.26 Å². The van der Waals surface area contributed by atoms with E-state index in [-0.39, 0.29) is 5.75 Å². The van der Waals surface area contributed by atoms with Gasteiger partial charge < -0.3 is 9.84 Å². The van der Waals surface area contributed by atoms with Gasteiger partial charge in [0.2, 0.25) is 0 Å². The molecule has 128 valence electrons. The summed E-state index contributed by atoms with van der Waals surface area (Å²) in [6.45, 7) is 0.608. The van der Waals surface area contributed by atoms with E-state index in [1.165, 1.54) is 0 Å². The summed E-state index contributed by atoms with van der Waals surface area (Å²) in [6, 6.07) is 14.4. The van der Waals surface area contributed by atoms with Crippen molar-refractivity contribution in [2.75, 3.05) is 12.4 Å². The second kappa shape index (κ2) is 10.7. The predicted octanol–water partition coefficient (Wildman–Crippen LogP) is 4.37. The van der Waals surface area contributed by atoms with Gasteiger partial charge in [0.15, 0.2) is 0 Å². The van der Waals surface area contributed by atoms with Gasteiger partial charge in [-0.05, 0) is 66.9 Å². The summed E-state index contributed by atoms with van der Waals surface area (Å²) in [5.41, 5.74) is 1.74. The van der Waals surface area contributed by atoms with Gasteiger partial charge in [0, 0.05) is 24.0 Å². The number of phenolic OH excluding ortho intramolecular Hbond substituents is 1. The summed E-state index contributed by atoms with van der Waals surface area (Å²) in [4.78, 5) is 4.37. The van der Waals surface area contributed by atoms with Crippen molar-refractivity contribution < 1.29 is 24.5 Å². The zero-order chi connectivity index (χ0) is 17.0. The van der Waals surface area contributed by atoms with Crippen molar-refractivity contribution in [2.45, 2.75) is 12.8 Å². The lowest BCUT2D eigenvalue weighted by molar-refractivity contribution is -0.432. The zero-order valence-electron chi connectivity index (χ0n) is 13.0. The molecule has 24 heavy (non-hydrogen) atoms. The number of phenols is 1. The van der Waals surface area contributed by atoms with E-state index in [4.69, 9.17) is 9.99 Å². The van der Waals surface area contributed by atoms with Gasteiger partial charge in [-0.1, -0.05) is 5.04 Å². The minimum absolute atomic E-state index is 0.238. The van der Waals surface area contributed by atoms with Crippen molar-refractivity contribution in [3.8, 4) is 11.5 Å². The van der Waals surface area contributed by atoms with Gasteiger partial charge in [0.05, 0.1) is 12.3 Å². The summed E-state index contributed by atoms with van der Waals surface area (Å²) >= 11 is 1.05. The van der Waals surface area contributed by atoms with Gasteiger partial charge in [0.1, 0.15) is 11.5 Å². The minimum Gasteiger partial charge on any atom is -0.508 e. The number of benzene rings is 2. The Bertz CT molecular complexity index is 616. The SMILES string of the molecule is OOOSCCCCOc1ccc(N=Cc2ccc(O)cc2)cc1. The molecule has 0 fully saturated rings. The van der Waals surface area contributed by atoms with Gasteiger partial charge in [-0.15, -0.1) is 4.33 Å². The smallest absolute Gasteiger partial charge is 0.119 e. The molecule has 0 saturated heterocycles. The highest BCUT2D eigenvalue weighted by molar-refractivity contribution is 7.94. The Labute approximate surface area is 144 Å². The number of hydrogen-bond donors (Lipinski definition) is 2. The topological polar surface area (TPSA) is 80.5 Å². The average molecular weight is 349 g/mol. The van der Waals surface area contributed by atoms with Crippen LogP contribution in [0.3, 0.4) is 0 Å². The molecule has 0 bridgehead atoms. The lowest BCUT2D eigenvalue weighted by Gasteiger charge is -2.05. The van der Waals surface area contributed by atoms with Crippen molar-refractivity contribution in [3.05, 3.63) is 54.1 Å². The molecular weight excluding hydrogens is 330 g/mol. The fraction of sp³-hybridized carbons (Fsp3) is 0.235. The number of hydrogen-bond acceptors (Lipinski definition) is 7. The van der Waals surface area contributed by atoms with Crippen LogP contribution in [0.15, 0.2) is 53.5 Å². The van der Waals surface area contributed by atoms with E-state index in [0.717, 1.165) is 47.6 Å². The molecular formula is C17H19NO5S. The Hall–Kier alpha value is -2.06. The molecule has 0 heterocycles. The Morgan fingerprint density at radius 3 is 2.46 bits per heavy atom. The van der Waals surface area contributed by atoms with Crippen LogP contribution in [0.5, 0.6) is 11.5 Å². The third-order valence-electron chi connectivity index (χ3n) is 3.06. The zero-order valence-corrected chi connectivity index (χ0v) is 13.8. The number of rotatable bonds is 10. The van der Waals surface area contributed by atoms with Crippen LogP contribution in [0, 0.1) is 0 Å². The molecule has 6 nitrogen and oxygen atoms in total. The second-order valence-electron chi connectivity index (χ2n) is 4.86. The van der Waals surface area contributed by atoms with Gasteiger partial charge in [-0.3, -0.25) is 4.99 Å². The van der Waals surface area contributed by atoms with E-state index < -0.39 is 0 Å². The molecule has 0 spiro atoms. The molecule has 2 aromatic rings. The molecule has 0 aliphatic heterocycles. The normalized spacial score (nSPS) is 11.0. The number of aromatic hydroxyl groups is 1. The molecule has 0 radical (unpaired) electrons. The standard InChI is InChI=1S/C17H19NO5S/c19-16-7-3-14(4-8-16)13-18-15-5-9-17(10-6-15)21-11-1-2-12-24-23-22-20/h3-10,13,19-20H,1-2,11-12H2. The first-order chi connectivity index (χ1) is 11.8. The van der Waals surface area contributed by atoms with Crippen LogP contribution in [0.1, 0.15) is 18.4 Å². The lowest BCUT2D eigenvalue weighted by atomic mass is 10.2. The third kappa shape index (κ3) is 7.01. The van der Waals surface area contributed by atoms with Crippen molar-refractivity contribution in [3.63, 3.8) is 0 Å². The quantitative estimate of drug-likeness (QED) is 0.218. The van der Waals surface area contributed by atoms with Crippen LogP contribution in [-0.2, 0) is 9.37 Å². The van der Waals surface area contributed by atoms with Gasteiger partial charge in [-0.2, -0.15) is 0 Å². The fourth-order valence-corrected chi connectivity index (χ4v) is 2.28. The van der Waals surface area contributed by atoms with E-state index in [9.17, 15) is 5.11 Å². The van der Waals surface area contributed by atoms with Crippen LogP contribution in [0.2, 0.25) is 0 Å². The summed E-state index contributed by atoms with van der Waals surface area (Å²) in [6.07, 6.45) is 3.51. The number of aliphatic imine (C=N–C) groups is 1. The lowest BCUT2D eigenvalue weighted by Crippen LogP contribution is -1.97. The van der Waals surface area contributed by atoms with Gasteiger partial charge >= 0.3 is 0 Å². The van der Waals surface area contributed by atoms with Crippen molar-refractivity contribution >= 4 is 23.9 Å². The first-order valence-electron chi connectivity index (χ1n) is 7.43. The predicted molar refractivity (Wildman–Crippen MR) is 93.8 cm³/mol. The van der Waals surface area contributed by atoms with Crippen LogP contribution < -0.4 is 4.74 Å². The van der Waals surface area contributed by atoms with Crippen LogP contribution in [-0.4, -0.2) is 28.9 Å². The van der Waals surface area contributed by atoms with Crippen LogP contribution >= 0.6 is 12.0 Å². The Balaban J connectivity index is 1.71. The Morgan fingerprint density at radius 2 is 1.75 bits per heavy atom. The molecule has 0 unspecified atom stereocenters. The Kier molecular flexibility index (Phi) is 8.12. The van der Waals surface area contributed by atoms with E-state index in [1.54, 1.807) is 30.5 Å². The van der Waals surface area contributed by atoms with Gasteiger partial charge in [0.25, 0.3) is 0 Å². The molecule has 0 atom stereocenters. The minimum atomic E-state index is 0.238. The number of ether oxygens (including phenoxy) is 1. The molecule has 0 aromatic heterocycles. The van der Waals surface area contributed by atoms with Crippen LogP contribution in [0.4, 0.5) is 5.69 Å². The average Bonchev–Trinajstić information content (AvgIpc) is 2.61. The molecule has 7 heteroatoms. The third-order valence-corrected chi connectivity index (χ3v) is 3.67. The molecule has 0 aliphatic rings. The van der Waals surface area contributed by atoms with Crippen molar-refractivity contribution in [1.29, 1.82) is 0 Å².